The molecule has 2 rings (SSSR count). The molecule has 0 amide bonds. The van der Waals surface area contributed by atoms with E-state index in [0.29, 0.717) is 27.3 Å². The van der Waals surface area contributed by atoms with Gasteiger partial charge >= 0.3 is 5.97 Å². The van der Waals surface area contributed by atoms with Crippen molar-refractivity contribution in [3.05, 3.63) is 58.1 Å². The molecule has 0 bridgehead atoms. The minimum absolute atomic E-state index is 0.300. The molecule has 0 spiro atoms. The summed E-state index contributed by atoms with van der Waals surface area (Å²) >= 11 is 13.4. The number of ether oxygens (including phenoxy) is 2. The van der Waals surface area contributed by atoms with Gasteiger partial charge in [0.2, 0.25) is 0 Å². The second-order valence-electron chi connectivity index (χ2n) is 3.97. The smallest absolute Gasteiger partial charge is 0.341 e. The lowest BCUT2D eigenvalue weighted by Crippen LogP contribution is -2.05. The van der Waals surface area contributed by atoms with Crippen LogP contribution in [0.4, 0.5) is 0 Å². The largest absolute Gasteiger partial charge is 0.482 e. The number of esters is 1. The summed E-state index contributed by atoms with van der Waals surface area (Å²) in [5, 5.41) is 1.21. The van der Waals surface area contributed by atoms with Crippen LogP contribution in [-0.4, -0.2) is 19.0 Å². The maximum atomic E-state index is 11.6. The van der Waals surface area contributed by atoms with Gasteiger partial charge in [0.05, 0.1) is 12.1 Å². The highest BCUT2D eigenvalue weighted by atomic mass is 35.5. The van der Waals surface area contributed by atoms with Crippen molar-refractivity contribution in [1.29, 1.82) is 0 Å². The fourth-order valence-corrected chi connectivity index (χ4v) is 2.86. The molecule has 0 aromatic heterocycles. The quantitative estimate of drug-likeness (QED) is 0.439. The van der Waals surface area contributed by atoms with E-state index in [2.05, 4.69) is 0 Å². The number of carbonyl (C=O) groups is 1. The van der Waals surface area contributed by atoms with Gasteiger partial charge in [-0.05, 0) is 30.3 Å². The van der Waals surface area contributed by atoms with E-state index in [9.17, 15) is 4.79 Å². The first-order valence-electron chi connectivity index (χ1n) is 6.00. The molecule has 0 atom stereocenters. The molecule has 0 radical (unpaired) electrons. The average Bonchev–Trinajstić information content (AvgIpc) is 2.50. The van der Waals surface area contributed by atoms with Crippen LogP contribution in [0.3, 0.4) is 0 Å². The number of para-hydroxylation sites is 1. The fraction of sp³-hybridized carbons (Fsp3) is 0.133. The van der Waals surface area contributed by atoms with E-state index in [-0.39, 0.29) is 0 Å². The summed E-state index contributed by atoms with van der Waals surface area (Å²) in [6.07, 6.45) is 0. The van der Waals surface area contributed by atoms with Crippen LogP contribution >= 0.6 is 35.0 Å². The number of thioether (sulfide) groups is 1. The van der Waals surface area contributed by atoms with Crippen LogP contribution < -0.4 is 4.74 Å². The molecule has 0 aliphatic heterocycles. The van der Waals surface area contributed by atoms with Crippen molar-refractivity contribution in [3.63, 3.8) is 0 Å². The molecule has 0 unspecified atom stereocenters. The monoisotopic (exact) mass is 342 g/mol. The third-order valence-electron chi connectivity index (χ3n) is 2.61. The Morgan fingerprint density at radius 3 is 2.71 bits per heavy atom. The minimum atomic E-state index is -0.434. The Kier molecular flexibility index (Phi) is 5.79. The second-order valence-corrected chi connectivity index (χ2v) is 5.78. The molecule has 0 heterocycles. The SMILES string of the molecule is COC(=O)c1ccccc1OCSc1cc(Cl)ccc1Cl. The van der Waals surface area contributed by atoms with E-state index < -0.39 is 5.97 Å². The van der Waals surface area contributed by atoms with E-state index in [4.69, 9.17) is 32.7 Å². The number of hydrogen-bond acceptors (Lipinski definition) is 4. The predicted molar refractivity (Wildman–Crippen MR) is 85.6 cm³/mol. The van der Waals surface area contributed by atoms with Crippen LogP contribution in [0.15, 0.2) is 47.4 Å². The Bertz CT molecular complexity index is 647. The fourth-order valence-electron chi connectivity index (χ4n) is 1.62. The number of methoxy groups -OCH3 is 1. The number of halogens is 2. The third kappa shape index (κ3) is 4.30. The van der Waals surface area contributed by atoms with Gasteiger partial charge in [-0.15, -0.1) is 0 Å². The number of benzene rings is 2. The van der Waals surface area contributed by atoms with E-state index >= 15 is 0 Å². The minimum Gasteiger partial charge on any atom is -0.482 e. The van der Waals surface area contributed by atoms with E-state index in [1.165, 1.54) is 18.9 Å². The summed E-state index contributed by atoms with van der Waals surface area (Å²) in [5.41, 5.74) is 0.387. The molecule has 0 N–H and O–H groups in total. The Balaban J connectivity index is 2.04. The standard InChI is InChI=1S/C15H12Cl2O3S/c1-19-15(18)11-4-2-3-5-13(11)20-9-21-14-8-10(16)6-7-12(14)17/h2-8H,9H2,1H3. The molecular weight excluding hydrogens is 331 g/mol. The Hall–Kier alpha value is -1.36. The van der Waals surface area contributed by atoms with Crippen molar-refractivity contribution in [2.24, 2.45) is 0 Å². The third-order valence-corrected chi connectivity index (χ3v) is 4.18. The molecule has 3 nitrogen and oxygen atoms in total. The molecule has 6 heteroatoms. The van der Waals surface area contributed by atoms with Crippen LogP contribution in [0.1, 0.15) is 10.4 Å². The Morgan fingerprint density at radius 2 is 1.95 bits per heavy atom. The molecule has 0 aliphatic rings. The van der Waals surface area contributed by atoms with Crippen molar-refractivity contribution in [2.45, 2.75) is 4.90 Å². The first-order chi connectivity index (χ1) is 10.1. The zero-order valence-corrected chi connectivity index (χ0v) is 13.5. The summed E-state index contributed by atoms with van der Waals surface area (Å²) in [7, 11) is 1.33. The van der Waals surface area contributed by atoms with E-state index in [1.54, 1.807) is 42.5 Å². The number of hydrogen-bond donors (Lipinski definition) is 0. The molecule has 0 saturated heterocycles. The number of rotatable bonds is 5. The van der Waals surface area contributed by atoms with Gasteiger partial charge in [-0.1, -0.05) is 47.1 Å². The summed E-state index contributed by atoms with van der Waals surface area (Å²) in [4.78, 5) is 12.4. The van der Waals surface area contributed by atoms with E-state index in [1.807, 2.05) is 0 Å². The summed E-state index contributed by atoms with van der Waals surface area (Å²) in [6, 6.07) is 12.1. The van der Waals surface area contributed by atoms with Gasteiger partial charge in [-0.3, -0.25) is 0 Å². The van der Waals surface area contributed by atoms with Gasteiger partial charge in [0, 0.05) is 9.92 Å². The number of carbonyl (C=O) groups excluding carboxylic acids is 1. The van der Waals surface area contributed by atoms with Crippen molar-refractivity contribution in [1.82, 2.24) is 0 Å². The molecule has 2 aromatic rings. The molecule has 21 heavy (non-hydrogen) atoms. The van der Waals surface area contributed by atoms with Crippen molar-refractivity contribution >= 4 is 40.9 Å². The lowest BCUT2D eigenvalue weighted by Gasteiger charge is -2.10. The van der Waals surface area contributed by atoms with E-state index in [0.717, 1.165) is 4.90 Å². The van der Waals surface area contributed by atoms with Gasteiger partial charge in [0.1, 0.15) is 17.3 Å². The maximum Gasteiger partial charge on any atom is 0.341 e. The zero-order valence-electron chi connectivity index (χ0n) is 11.1. The van der Waals surface area contributed by atoms with Crippen LogP contribution in [-0.2, 0) is 4.74 Å². The van der Waals surface area contributed by atoms with Crippen molar-refractivity contribution in [3.8, 4) is 5.75 Å². The highest BCUT2D eigenvalue weighted by molar-refractivity contribution is 7.99. The van der Waals surface area contributed by atoms with Gasteiger partial charge in [-0.25, -0.2) is 4.79 Å². The molecule has 110 valence electrons. The molecule has 2 aromatic carbocycles. The second kappa shape index (κ2) is 7.59. The van der Waals surface area contributed by atoms with Gasteiger partial charge < -0.3 is 9.47 Å². The topological polar surface area (TPSA) is 35.5 Å². The van der Waals surface area contributed by atoms with Crippen molar-refractivity contribution in [2.75, 3.05) is 13.0 Å². The van der Waals surface area contributed by atoms with Crippen LogP contribution in [0.25, 0.3) is 0 Å². The van der Waals surface area contributed by atoms with Crippen LogP contribution in [0, 0.1) is 0 Å². The van der Waals surface area contributed by atoms with Crippen molar-refractivity contribution < 1.29 is 14.3 Å². The highest BCUT2D eigenvalue weighted by Gasteiger charge is 2.12. The normalized spacial score (nSPS) is 10.2. The van der Waals surface area contributed by atoms with Gasteiger partial charge in [0.15, 0.2) is 0 Å². The first kappa shape index (κ1) is 16.0. The van der Waals surface area contributed by atoms with Crippen LogP contribution in [0.5, 0.6) is 5.75 Å². The molecule has 0 aliphatic carbocycles. The lowest BCUT2D eigenvalue weighted by atomic mass is 10.2. The summed E-state index contributed by atoms with van der Waals surface area (Å²) in [6.45, 7) is 0. The van der Waals surface area contributed by atoms with Crippen LogP contribution in [0.2, 0.25) is 10.0 Å². The average molecular weight is 343 g/mol. The Labute approximate surface area is 137 Å². The molecule has 0 saturated carbocycles. The first-order valence-corrected chi connectivity index (χ1v) is 7.74. The summed E-state index contributed by atoms with van der Waals surface area (Å²) < 4.78 is 10.3. The molecule has 0 fully saturated rings. The molecular formula is C15H12Cl2O3S. The Morgan fingerprint density at radius 1 is 1.19 bits per heavy atom. The maximum absolute atomic E-state index is 11.6. The van der Waals surface area contributed by atoms with Gasteiger partial charge in [0.25, 0.3) is 0 Å². The zero-order chi connectivity index (χ0) is 15.2. The summed E-state index contributed by atoms with van der Waals surface area (Å²) in [5.74, 6) is 0.333. The van der Waals surface area contributed by atoms with Gasteiger partial charge in [-0.2, -0.15) is 0 Å². The highest BCUT2D eigenvalue weighted by Crippen LogP contribution is 2.30. The lowest BCUT2D eigenvalue weighted by molar-refractivity contribution is 0.0597. The predicted octanol–water partition coefficient (Wildman–Crippen LogP) is 4.91.